The first-order valence-electron chi connectivity index (χ1n) is 7.43. The number of pyridine rings is 1. The van der Waals surface area contributed by atoms with E-state index < -0.39 is 0 Å². The van der Waals surface area contributed by atoms with Gasteiger partial charge in [0.15, 0.2) is 0 Å². The lowest BCUT2D eigenvalue weighted by atomic mass is 10.2. The van der Waals surface area contributed by atoms with E-state index in [1.54, 1.807) is 6.20 Å². The summed E-state index contributed by atoms with van der Waals surface area (Å²) in [7, 11) is 0. The van der Waals surface area contributed by atoms with Crippen LogP contribution in [0.1, 0.15) is 31.0 Å². The van der Waals surface area contributed by atoms with Gasteiger partial charge in [0, 0.05) is 30.4 Å². The van der Waals surface area contributed by atoms with Crippen molar-refractivity contribution in [1.82, 2.24) is 10.3 Å². The Morgan fingerprint density at radius 2 is 2.14 bits per heavy atom. The van der Waals surface area contributed by atoms with Gasteiger partial charge in [-0.15, -0.1) is 0 Å². The second-order valence-electron chi connectivity index (χ2n) is 5.28. The lowest BCUT2D eigenvalue weighted by Crippen LogP contribution is -2.16. The van der Waals surface area contributed by atoms with Gasteiger partial charge in [-0.1, -0.05) is 30.4 Å². The van der Waals surface area contributed by atoms with E-state index in [1.165, 1.54) is 12.8 Å². The van der Waals surface area contributed by atoms with Crippen LogP contribution in [0.5, 0.6) is 11.5 Å². The van der Waals surface area contributed by atoms with Crippen LogP contribution >= 0.6 is 0 Å². The summed E-state index contributed by atoms with van der Waals surface area (Å²) < 4.78 is 6.01. The average molecular weight is 280 g/mol. The SMILES string of the molecule is CC=Cc1ccccc1Oc1ccnc(CNC2CC2)c1. The van der Waals surface area contributed by atoms with Gasteiger partial charge in [0.2, 0.25) is 0 Å². The molecule has 1 saturated carbocycles. The molecule has 1 fully saturated rings. The van der Waals surface area contributed by atoms with Gasteiger partial charge >= 0.3 is 0 Å². The zero-order valence-corrected chi connectivity index (χ0v) is 12.3. The molecule has 0 aliphatic heterocycles. The molecule has 1 heterocycles. The van der Waals surface area contributed by atoms with E-state index in [0.29, 0.717) is 6.04 Å². The molecule has 1 aliphatic carbocycles. The first kappa shape index (κ1) is 13.8. The van der Waals surface area contributed by atoms with Crippen LogP contribution in [0.2, 0.25) is 0 Å². The predicted molar refractivity (Wildman–Crippen MR) is 85.3 cm³/mol. The van der Waals surface area contributed by atoms with Gasteiger partial charge in [-0.25, -0.2) is 0 Å². The Kier molecular flexibility index (Phi) is 4.31. The molecule has 1 aromatic heterocycles. The lowest BCUT2D eigenvalue weighted by Gasteiger charge is -2.10. The molecule has 0 radical (unpaired) electrons. The lowest BCUT2D eigenvalue weighted by molar-refractivity contribution is 0.479. The van der Waals surface area contributed by atoms with Crippen LogP contribution < -0.4 is 10.1 Å². The number of nitrogens with zero attached hydrogens (tertiary/aromatic N) is 1. The van der Waals surface area contributed by atoms with Crippen molar-refractivity contribution in [2.24, 2.45) is 0 Å². The highest BCUT2D eigenvalue weighted by Gasteiger charge is 2.20. The number of allylic oxidation sites excluding steroid dienone is 1. The van der Waals surface area contributed by atoms with Crippen molar-refractivity contribution in [2.45, 2.75) is 32.4 Å². The molecular weight excluding hydrogens is 260 g/mol. The van der Waals surface area contributed by atoms with Crippen molar-refractivity contribution < 1.29 is 4.74 Å². The van der Waals surface area contributed by atoms with E-state index in [4.69, 9.17) is 4.74 Å². The summed E-state index contributed by atoms with van der Waals surface area (Å²) in [5, 5.41) is 3.47. The second-order valence-corrected chi connectivity index (χ2v) is 5.28. The van der Waals surface area contributed by atoms with E-state index >= 15 is 0 Å². The summed E-state index contributed by atoms with van der Waals surface area (Å²) in [6, 6.07) is 12.6. The molecule has 0 spiro atoms. The fraction of sp³-hybridized carbons (Fsp3) is 0.278. The fourth-order valence-corrected chi connectivity index (χ4v) is 2.17. The van der Waals surface area contributed by atoms with Gasteiger partial charge < -0.3 is 10.1 Å². The van der Waals surface area contributed by atoms with Gasteiger partial charge in [-0.05, 0) is 31.9 Å². The molecule has 1 aromatic carbocycles. The van der Waals surface area contributed by atoms with Gasteiger partial charge in [-0.3, -0.25) is 4.98 Å². The van der Waals surface area contributed by atoms with Crippen molar-refractivity contribution in [3.63, 3.8) is 0 Å². The smallest absolute Gasteiger partial charge is 0.134 e. The Morgan fingerprint density at radius 1 is 1.29 bits per heavy atom. The van der Waals surface area contributed by atoms with Gasteiger partial charge in [0.05, 0.1) is 5.69 Å². The molecule has 3 heteroatoms. The molecule has 108 valence electrons. The van der Waals surface area contributed by atoms with E-state index in [2.05, 4.69) is 10.3 Å². The summed E-state index contributed by atoms with van der Waals surface area (Å²) in [5.41, 5.74) is 2.09. The van der Waals surface area contributed by atoms with Crippen LogP contribution in [0, 0.1) is 0 Å². The number of benzene rings is 1. The Labute approximate surface area is 125 Å². The number of para-hydroxylation sites is 1. The normalized spacial score (nSPS) is 14.5. The van der Waals surface area contributed by atoms with Gasteiger partial charge in [0.25, 0.3) is 0 Å². The maximum absolute atomic E-state index is 6.01. The molecule has 3 rings (SSSR count). The summed E-state index contributed by atoms with van der Waals surface area (Å²) in [5.74, 6) is 1.69. The Bertz CT molecular complexity index is 633. The molecule has 0 bridgehead atoms. The number of hydrogen-bond acceptors (Lipinski definition) is 3. The zero-order valence-electron chi connectivity index (χ0n) is 12.3. The van der Waals surface area contributed by atoms with Crippen molar-refractivity contribution >= 4 is 6.08 Å². The van der Waals surface area contributed by atoms with Gasteiger partial charge in [0.1, 0.15) is 11.5 Å². The van der Waals surface area contributed by atoms with E-state index in [-0.39, 0.29) is 0 Å². The predicted octanol–water partition coefficient (Wildman–Crippen LogP) is 4.16. The summed E-state index contributed by atoms with van der Waals surface area (Å²) in [4.78, 5) is 4.38. The third-order valence-corrected chi connectivity index (χ3v) is 3.43. The van der Waals surface area contributed by atoms with Crippen LogP contribution in [-0.2, 0) is 6.54 Å². The minimum atomic E-state index is 0.687. The number of aromatic nitrogens is 1. The topological polar surface area (TPSA) is 34.1 Å². The molecule has 0 atom stereocenters. The van der Waals surface area contributed by atoms with Crippen LogP contribution in [0.25, 0.3) is 6.08 Å². The van der Waals surface area contributed by atoms with Crippen LogP contribution in [-0.4, -0.2) is 11.0 Å². The molecule has 0 unspecified atom stereocenters. The minimum Gasteiger partial charge on any atom is -0.457 e. The number of hydrogen-bond donors (Lipinski definition) is 1. The van der Waals surface area contributed by atoms with Crippen molar-refractivity contribution in [1.29, 1.82) is 0 Å². The first-order valence-corrected chi connectivity index (χ1v) is 7.43. The Balaban J connectivity index is 1.73. The fourth-order valence-electron chi connectivity index (χ4n) is 2.17. The molecule has 21 heavy (non-hydrogen) atoms. The molecule has 2 aromatic rings. The monoisotopic (exact) mass is 280 g/mol. The molecular formula is C18H20N2O. The zero-order chi connectivity index (χ0) is 14.5. The van der Waals surface area contributed by atoms with Crippen LogP contribution in [0.4, 0.5) is 0 Å². The Hall–Kier alpha value is -2.13. The third-order valence-electron chi connectivity index (χ3n) is 3.43. The van der Waals surface area contributed by atoms with Crippen molar-refractivity contribution in [2.75, 3.05) is 0 Å². The van der Waals surface area contributed by atoms with E-state index in [0.717, 1.165) is 29.3 Å². The highest BCUT2D eigenvalue weighted by Crippen LogP contribution is 2.26. The van der Waals surface area contributed by atoms with E-state index in [9.17, 15) is 0 Å². The summed E-state index contributed by atoms with van der Waals surface area (Å²) in [6.45, 7) is 2.81. The second kappa shape index (κ2) is 6.55. The molecule has 0 amide bonds. The number of ether oxygens (including phenoxy) is 1. The summed E-state index contributed by atoms with van der Waals surface area (Å²) in [6.07, 6.45) is 8.43. The average Bonchev–Trinajstić information content (AvgIpc) is 3.32. The Morgan fingerprint density at radius 3 is 2.95 bits per heavy atom. The quantitative estimate of drug-likeness (QED) is 0.862. The van der Waals surface area contributed by atoms with E-state index in [1.807, 2.05) is 55.5 Å². The van der Waals surface area contributed by atoms with Crippen molar-refractivity contribution in [3.05, 3.63) is 59.9 Å². The van der Waals surface area contributed by atoms with Crippen molar-refractivity contribution in [3.8, 4) is 11.5 Å². The standard InChI is InChI=1S/C18H20N2O/c1-2-5-14-6-3-4-7-18(14)21-17-10-11-19-16(12-17)13-20-15-8-9-15/h2-7,10-12,15,20H,8-9,13H2,1H3. The molecule has 3 nitrogen and oxygen atoms in total. The first-order chi connectivity index (χ1) is 10.3. The maximum atomic E-state index is 6.01. The largest absolute Gasteiger partial charge is 0.457 e. The minimum absolute atomic E-state index is 0.687. The highest BCUT2D eigenvalue weighted by atomic mass is 16.5. The van der Waals surface area contributed by atoms with Gasteiger partial charge in [-0.2, -0.15) is 0 Å². The van der Waals surface area contributed by atoms with Crippen LogP contribution in [0.15, 0.2) is 48.7 Å². The molecule has 1 N–H and O–H groups in total. The highest BCUT2D eigenvalue weighted by molar-refractivity contribution is 5.57. The number of rotatable bonds is 6. The molecule has 0 saturated heterocycles. The maximum Gasteiger partial charge on any atom is 0.134 e. The molecule has 1 aliphatic rings. The summed E-state index contributed by atoms with van der Waals surface area (Å²) >= 11 is 0. The third kappa shape index (κ3) is 3.92. The number of nitrogens with one attached hydrogen (secondary N) is 1. The van der Waals surface area contributed by atoms with Crippen LogP contribution in [0.3, 0.4) is 0 Å².